The van der Waals surface area contributed by atoms with Crippen molar-refractivity contribution in [2.24, 2.45) is 0 Å². The fourth-order valence-electron chi connectivity index (χ4n) is 2.51. The molecule has 2 aromatic carbocycles. The molecule has 0 aliphatic heterocycles. The van der Waals surface area contributed by atoms with Gasteiger partial charge in [0.25, 0.3) is 5.91 Å². The average molecular weight is 427 g/mol. The van der Waals surface area contributed by atoms with Crippen LogP contribution in [0.2, 0.25) is 5.02 Å². The van der Waals surface area contributed by atoms with Crippen LogP contribution >= 0.6 is 11.6 Å². The number of ether oxygens (including phenoxy) is 1. The van der Waals surface area contributed by atoms with Crippen LogP contribution in [0.15, 0.2) is 47.4 Å². The van der Waals surface area contributed by atoms with E-state index in [1.54, 1.807) is 38.1 Å². The molecule has 0 fully saturated rings. The lowest BCUT2D eigenvalue weighted by molar-refractivity contribution is -0.122. The van der Waals surface area contributed by atoms with Crippen molar-refractivity contribution >= 4 is 33.2 Å². The lowest BCUT2D eigenvalue weighted by Gasteiger charge is -2.20. The Morgan fingerprint density at radius 2 is 1.86 bits per heavy atom. The Morgan fingerprint density at radius 1 is 1.21 bits per heavy atom. The monoisotopic (exact) mass is 426 g/mol. The number of anilines is 1. The van der Waals surface area contributed by atoms with Crippen LogP contribution in [-0.2, 0) is 14.8 Å². The Kier molecular flexibility index (Phi) is 7.29. The molecule has 0 aliphatic rings. The van der Waals surface area contributed by atoms with E-state index in [-0.39, 0.29) is 16.3 Å². The van der Waals surface area contributed by atoms with Crippen molar-refractivity contribution in [1.82, 2.24) is 4.31 Å². The minimum atomic E-state index is -3.73. The second kappa shape index (κ2) is 9.27. The Balaban J connectivity index is 2.21. The lowest BCUT2D eigenvalue weighted by atomic mass is 10.2. The van der Waals surface area contributed by atoms with Crippen LogP contribution in [-0.4, -0.2) is 42.9 Å². The van der Waals surface area contributed by atoms with Crippen molar-refractivity contribution in [2.45, 2.75) is 31.8 Å². The van der Waals surface area contributed by atoms with E-state index in [2.05, 4.69) is 5.32 Å². The van der Waals surface area contributed by atoms with Crippen LogP contribution in [0.4, 0.5) is 5.69 Å². The Morgan fingerprint density at radius 3 is 2.46 bits per heavy atom. The molecule has 2 rings (SSSR count). The summed E-state index contributed by atoms with van der Waals surface area (Å²) in [5, 5.41) is 12.9. The van der Waals surface area contributed by atoms with Crippen LogP contribution in [0.25, 0.3) is 0 Å². The number of phenolic OH excluding ortho intramolecular Hbond substituents is 1. The number of nitrogens with zero attached hydrogens (tertiary/aromatic N) is 1. The maximum atomic E-state index is 12.6. The number of carbonyl (C=O) groups excluding carboxylic acids is 1. The van der Waals surface area contributed by atoms with Gasteiger partial charge in [-0.1, -0.05) is 37.6 Å². The van der Waals surface area contributed by atoms with Gasteiger partial charge in [-0.2, -0.15) is 4.31 Å². The molecule has 2 aromatic rings. The minimum absolute atomic E-state index is 0.0205. The Labute approximate surface area is 169 Å². The number of sulfonamides is 1. The predicted octanol–water partition coefficient (Wildman–Crippen LogP) is 3.48. The van der Waals surface area contributed by atoms with Crippen LogP contribution in [0.5, 0.6) is 11.5 Å². The molecule has 0 spiro atoms. The fourth-order valence-corrected chi connectivity index (χ4v) is 4.17. The highest BCUT2D eigenvalue weighted by Crippen LogP contribution is 2.29. The summed E-state index contributed by atoms with van der Waals surface area (Å²) in [6, 6.07) is 10.5. The minimum Gasteiger partial charge on any atom is -0.506 e. The molecule has 1 unspecified atom stereocenters. The predicted molar refractivity (Wildman–Crippen MR) is 108 cm³/mol. The number of carbonyl (C=O) groups is 1. The number of aromatic hydroxyl groups is 1. The standard InChI is InChI=1S/C19H23ClN2O5S/c1-4-22(5-2)28(25,26)14-10-11-17(23)16(12-14)21-19(24)13(3)27-18-9-7-6-8-15(18)20/h6-13,23H,4-5H2,1-3H3,(H,21,24). The molecule has 7 nitrogen and oxygen atoms in total. The molecule has 152 valence electrons. The molecule has 0 bridgehead atoms. The first kappa shape index (κ1) is 22.0. The van der Waals surface area contributed by atoms with Gasteiger partial charge in [-0.15, -0.1) is 0 Å². The van der Waals surface area contributed by atoms with Crippen molar-refractivity contribution in [3.05, 3.63) is 47.5 Å². The number of nitrogens with one attached hydrogen (secondary N) is 1. The maximum Gasteiger partial charge on any atom is 0.265 e. The van der Waals surface area contributed by atoms with E-state index in [4.69, 9.17) is 16.3 Å². The summed E-state index contributed by atoms with van der Waals surface area (Å²) >= 11 is 6.02. The first-order valence-corrected chi connectivity index (χ1v) is 10.6. The first-order valence-electron chi connectivity index (χ1n) is 8.75. The lowest BCUT2D eigenvalue weighted by Crippen LogP contribution is -2.31. The van der Waals surface area contributed by atoms with Gasteiger partial charge in [0.05, 0.1) is 15.6 Å². The molecule has 0 aliphatic carbocycles. The van der Waals surface area contributed by atoms with E-state index in [9.17, 15) is 18.3 Å². The summed E-state index contributed by atoms with van der Waals surface area (Å²) in [7, 11) is -3.73. The molecular weight excluding hydrogens is 404 g/mol. The highest BCUT2D eigenvalue weighted by Gasteiger charge is 2.24. The summed E-state index contributed by atoms with van der Waals surface area (Å²) in [6.07, 6.45) is -0.928. The number of amides is 1. The summed E-state index contributed by atoms with van der Waals surface area (Å²) in [5.41, 5.74) is -0.0205. The molecule has 2 N–H and O–H groups in total. The number of benzene rings is 2. The van der Waals surface area contributed by atoms with Gasteiger partial charge in [-0.3, -0.25) is 4.79 Å². The summed E-state index contributed by atoms with van der Waals surface area (Å²) in [6.45, 7) is 5.61. The summed E-state index contributed by atoms with van der Waals surface area (Å²) in [5.74, 6) is -0.474. The summed E-state index contributed by atoms with van der Waals surface area (Å²) < 4.78 is 32.1. The molecule has 0 radical (unpaired) electrons. The number of hydrogen-bond donors (Lipinski definition) is 2. The molecule has 28 heavy (non-hydrogen) atoms. The highest BCUT2D eigenvalue weighted by molar-refractivity contribution is 7.89. The van der Waals surface area contributed by atoms with Gasteiger partial charge in [-0.25, -0.2) is 8.42 Å². The van der Waals surface area contributed by atoms with Gasteiger partial charge in [0.15, 0.2) is 6.10 Å². The number of phenols is 1. The first-order chi connectivity index (χ1) is 13.2. The quantitative estimate of drug-likeness (QED) is 0.630. The van der Waals surface area contributed by atoms with Gasteiger partial charge in [0.2, 0.25) is 10.0 Å². The fraction of sp³-hybridized carbons (Fsp3) is 0.316. The molecule has 0 saturated heterocycles. The van der Waals surface area contributed by atoms with E-state index < -0.39 is 22.0 Å². The molecule has 1 atom stereocenters. The van der Waals surface area contributed by atoms with Crippen molar-refractivity contribution < 1.29 is 23.1 Å². The zero-order valence-electron chi connectivity index (χ0n) is 15.8. The van der Waals surface area contributed by atoms with Gasteiger partial charge < -0.3 is 15.2 Å². The average Bonchev–Trinajstić information content (AvgIpc) is 2.65. The zero-order valence-corrected chi connectivity index (χ0v) is 17.4. The largest absolute Gasteiger partial charge is 0.506 e. The van der Waals surface area contributed by atoms with Gasteiger partial charge in [-0.05, 0) is 37.3 Å². The molecule has 9 heteroatoms. The molecule has 0 heterocycles. The number of rotatable bonds is 8. The van der Waals surface area contributed by atoms with E-state index in [1.807, 2.05) is 0 Å². The topological polar surface area (TPSA) is 95.9 Å². The van der Waals surface area contributed by atoms with E-state index in [0.717, 1.165) is 0 Å². The van der Waals surface area contributed by atoms with Crippen LogP contribution < -0.4 is 10.1 Å². The van der Waals surface area contributed by atoms with Crippen LogP contribution in [0, 0.1) is 0 Å². The smallest absolute Gasteiger partial charge is 0.265 e. The maximum absolute atomic E-state index is 12.6. The van der Waals surface area contributed by atoms with Crippen molar-refractivity contribution in [1.29, 1.82) is 0 Å². The molecule has 1 amide bonds. The number of para-hydroxylation sites is 1. The molecular formula is C19H23ClN2O5S. The summed E-state index contributed by atoms with van der Waals surface area (Å²) in [4.78, 5) is 12.4. The van der Waals surface area contributed by atoms with E-state index in [0.29, 0.717) is 23.9 Å². The van der Waals surface area contributed by atoms with Gasteiger partial charge in [0.1, 0.15) is 11.5 Å². The second-order valence-electron chi connectivity index (χ2n) is 5.95. The number of hydrogen-bond acceptors (Lipinski definition) is 5. The van der Waals surface area contributed by atoms with Gasteiger partial charge in [0, 0.05) is 13.1 Å². The van der Waals surface area contributed by atoms with Crippen LogP contribution in [0.1, 0.15) is 20.8 Å². The molecule has 0 saturated carbocycles. The highest BCUT2D eigenvalue weighted by atomic mass is 35.5. The second-order valence-corrected chi connectivity index (χ2v) is 8.29. The third kappa shape index (κ3) is 4.95. The van der Waals surface area contributed by atoms with E-state index in [1.165, 1.54) is 29.4 Å². The van der Waals surface area contributed by atoms with Crippen molar-refractivity contribution in [3.8, 4) is 11.5 Å². The van der Waals surface area contributed by atoms with Crippen molar-refractivity contribution in [2.75, 3.05) is 18.4 Å². The third-order valence-electron chi connectivity index (χ3n) is 4.08. The van der Waals surface area contributed by atoms with Gasteiger partial charge >= 0.3 is 0 Å². The SMILES string of the molecule is CCN(CC)S(=O)(=O)c1ccc(O)c(NC(=O)C(C)Oc2ccccc2Cl)c1. The zero-order chi connectivity index (χ0) is 20.9. The Hall–Kier alpha value is -2.29. The Bertz CT molecular complexity index is 945. The normalized spacial score (nSPS) is 12.6. The molecule has 0 aromatic heterocycles. The van der Waals surface area contributed by atoms with Crippen LogP contribution in [0.3, 0.4) is 0 Å². The van der Waals surface area contributed by atoms with E-state index >= 15 is 0 Å². The third-order valence-corrected chi connectivity index (χ3v) is 6.44. The van der Waals surface area contributed by atoms with Crippen molar-refractivity contribution in [3.63, 3.8) is 0 Å². The number of halogens is 1.